The number of hydrogen-bond acceptors (Lipinski definition) is 6. The van der Waals surface area contributed by atoms with Gasteiger partial charge >= 0.3 is 0 Å². The van der Waals surface area contributed by atoms with Crippen molar-refractivity contribution in [2.24, 2.45) is 5.92 Å². The van der Waals surface area contributed by atoms with Crippen molar-refractivity contribution in [1.82, 2.24) is 14.9 Å². The molecule has 0 N–H and O–H groups in total. The Bertz CT molecular complexity index is 995. The molecule has 0 spiro atoms. The zero-order chi connectivity index (χ0) is 22.8. The number of benzene rings is 1. The van der Waals surface area contributed by atoms with Crippen LogP contribution in [0.4, 0.5) is 11.5 Å². The van der Waals surface area contributed by atoms with E-state index in [0.717, 1.165) is 60.8 Å². The quantitative estimate of drug-likeness (QED) is 0.482. The third-order valence-corrected chi connectivity index (χ3v) is 6.61. The van der Waals surface area contributed by atoms with Gasteiger partial charge in [-0.25, -0.2) is 9.97 Å². The van der Waals surface area contributed by atoms with Crippen molar-refractivity contribution < 1.29 is 9.72 Å². The highest BCUT2D eigenvalue weighted by Crippen LogP contribution is 2.32. The van der Waals surface area contributed by atoms with E-state index in [-0.39, 0.29) is 22.4 Å². The molecule has 2 aromatic rings. The Morgan fingerprint density at radius 1 is 1.16 bits per heavy atom. The van der Waals surface area contributed by atoms with Gasteiger partial charge in [0.2, 0.25) is 5.91 Å². The van der Waals surface area contributed by atoms with Crippen LogP contribution in [0, 0.1) is 23.0 Å². The number of aryl methyl sites for hydroxylation is 1. The average Bonchev–Trinajstić information content (AvgIpc) is 3.65. The predicted molar refractivity (Wildman–Crippen MR) is 123 cm³/mol. The minimum Gasteiger partial charge on any atom is -0.353 e. The molecule has 32 heavy (non-hydrogen) atoms. The number of piperazine rings is 1. The van der Waals surface area contributed by atoms with Crippen molar-refractivity contribution in [3.63, 3.8) is 0 Å². The van der Waals surface area contributed by atoms with E-state index in [1.165, 1.54) is 0 Å². The molecule has 1 aromatic carbocycles. The van der Waals surface area contributed by atoms with Crippen LogP contribution in [0.3, 0.4) is 0 Å². The number of carbonyl (C=O) groups excluding carboxylic acids is 1. The number of aromatic nitrogens is 2. The molecule has 8 nitrogen and oxygen atoms in total. The second-order valence-corrected chi connectivity index (χ2v) is 8.97. The fraction of sp³-hybridized carbons (Fsp3) is 0.542. The predicted octanol–water partition coefficient (Wildman–Crippen LogP) is 3.86. The molecule has 0 radical (unpaired) electrons. The molecule has 1 saturated carbocycles. The smallest absolute Gasteiger partial charge is 0.269 e. The lowest BCUT2D eigenvalue weighted by atomic mass is 10.0. The van der Waals surface area contributed by atoms with Crippen LogP contribution in [0.15, 0.2) is 24.3 Å². The summed E-state index contributed by atoms with van der Waals surface area (Å²) in [7, 11) is 0. The number of amides is 1. The second-order valence-electron chi connectivity index (χ2n) is 8.97. The Kier molecular flexibility index (Phi) is 6.39. The lowest BCUT2D eigenvalue weighted by molar-refractivity contribution is -0.384. The first-order chi connectivity index (χ1) is 15.4. The van der Waals surface area contributed by atoms with Crippen LogP contribution >= 0.6 is 0 Å². The first-order valence-corrected chi connectivity index (χ1v) is 11.5. The molecule has 170 valence electrons. The average molecular weight is 438 g/mol. The Labute approximate surface area is 188 Å². The van der Waals surface area contributed by atoms with Gasteiger partial charge < -0.3 is 9.80 Å². The van der Waals surface area contributed by atoms with E-state index in [0.29, 0.717) is 25.4 Å². The van der Waals surface area contributed by atoms with Crippen molar-refractivity contribution in [2.75, 3.05) is 31.1 Å². The molecule has 1 aliphatic carbocycles. The highest BCUT2D eigenvalue weighted by atomic mass is 16.6. The SMILES string of the molecule is CC[C@@H](C)c1nc(C)c(Cc2ccc([N+](=O)[O-])cc2)c(N2CCN(C(=O)C3CC3)CC2)n1. The summed E-state index contributed by atoms with van der Waals surface area (Å²) in [5, 5.41) is 11.0. The van der Waals surface area contributed by atoms with Gasteiger partial charge in [0.25, 0.3) is 5.69 Å². The van der Waals surface area contributed by atoms with Crippen LogP contribution < -0.4 is 4.90 Å². The van der Waals surface area contributed by atoms with Crippen molar-refractivity contribution in [3.8, 4) is 0 Å². The Morgan fingerprint density at radius 3 is 2.38 bits per heavy atom. The highest BCUT2D eigenvalue weighted by molar-refractivity contribution is 5.81. The lowest BCUT2D eigenvalue weighted by Gasteiger charge is -2.37. The minimum absolute atomic E-state index is 0.0884. The topological polar surface area (TPSA) is 92.5 Å². The first-order valence-electron chi connectivity index (χ1n) is 11.5. The number of anilines is 1. The number of nitro groups is 1. The Balaban J connectivity index is 1.60. The molecule has 1 saturated heterocycles. The summed E-state index contributed by atoms with van der Waals surface area (Å²) >= 11 is 0. The molecule has 2 heterocycles. The van der Waals surface area contributed by atoms with Crippen LogP contribution in [0.2, 0.25) is 0 Å². The summed E-state index contributed by atoms with van der Waals surface area (Å²) in [6, 6.07) is 6.69. The summed E-state index contributed by atoms with van der Waals surface area (Å²) in [6.45, 7) is 9.23. The Hall–Kier alpha value is -3.03. The summed E-state index contributed by atoms with van der Waals surface area (Å²) < 4.78 is 0. The maximum absolute atomic E-state index is 12.5. The van der Waals surface area contributed by atoms with Crippen molar-refractivity contribution in [1.29, 1.82) is 0 Å². The Morgan fingerprint density at radius 2 is 1.81 bits per heavy atom. The third kappa shape index (κ3) is 4.74. The molecule has 4 rings (SSSR count). The molecule has 1 atom stereocenters. The molecule has 1 aliphatic heterocycles. The monoisotopic (exact) mass is 437 g/mol. The van der Waals surface area contributed by atoms with Gasteiger partial charge in [-0.2, -0.15) is 0 Å². The number of non-ortho nitro benzene ring substituents is 1. The van der Waals surface area contributed by atoms with E-state index < -0.39 is 0 Å². The fourth-order valence-corrected chi connectivity index (χ4v) is 4.14. The van der Waals surface area contributed by atoms with Gasteiger partial charge in [-0.3, -0.25) is 14.9 Å². The summed E-state index contributed by atoms with van der Waals surface area (Å²) in [4.78, 5) is 37.1. The van der Waals surface area contributed by atoms with E-state index in [2.05, 4.69) is 18.7 Å². The third-order valence-electron chi connectivity index (χ3n) is 6.61. The van der Waals surface area contributed by atoms with Crippen LogP contribution in [0.25, 0.3) is 0 Å². The highest BCUT2D eigenvalue weighted by Gasteiger charge is 2.35. The molecule has 1 amide bonds. The van der Waals surface area contributed by atoms with Gasteiger partial charge in [0, 0.05) is 67.8 Å². The largest absolute Gasteiger partial charge is 0.353 e. The molecular weight excluding hydrogens is 406 g/mol. The van der Waals surface area contributed by atoms with Gasteiger partial charge in [0.05, 0.1) is 4.92 Å². The number of nitro benzene ring substituents is 1. The molecule has 1 aromatic heterocycles. The van der Waals surface area contributed by atoms with Crippen LogP contribution in [0.5, 0.6) is 0 Å². The zero-order valence-corrected chi connectivity index (χ0v) is 19.1. The lowest BCUT2D eigenvalue weighted by Crippen LogP contribution is -2.49. The first kappa shape index (κ1) is 22.2. The summed E-state index contributed by atoms with van der Waals surface area (Å²) in [6.07, 6.45) is 3.63. The summed E-state index contributed by atoms with van der Waals surface area (Å²) in [5.74, 6) is 2.60. The van der Waals surface area contributed by atoms with E-state index in [9.17, 15) is 14.9 Å². The minimum atomic E-state index is -0.382. The zero-order valence-electron chi connectivity index (χ0n) is 19.1. The number of carbonyl (C=O) groups is 1. The normalized spacial score (nSPS) is 17.3. The maximum Gasteiger partial charge on any atom is 0.269 e. The van der Waals surface area contributed by atoms with Gasteiger partial charge in [0.1, 0.15) is 11.6 Å². The molecule has 8 heteroatoms. The molecule has 2 fully saturated rings. The number of hydrogen-bond donors (Lipinski definition) is 0. The van der Waals surface area contributed by atoms with Crippen LogP contribution in [0.1, 0.15) is 61.7 Å². The second kappa shape index (κ2) is 9.22. The van der Waals surface area contributed by atoms with E-state index in [1.54, 1.807) is 24.3 Å². The van der Waals surface area contributed by atoms with E-state index >= 15 is 0 Å². The number of rotatable bonds is 7. The van der Waals surface area contributed by atoms with Gasteiger partial charge in [-0.1, -0.05) is 26.0 Å². The van der Waals surface area contributed by atoms with Crippen LogP contribution in [-0.2, 0) is 11.2 Å². The number of nitrogens with zero attached hydrogens (tertiary/aromatic N) is 5. The van der Waals surface area contributed by atoms with Crippen molar-refractivity contribution in [3.05, 3.63) is 57.0 Å². The van der Waals surface area contributed by atoms with Gasteiger partial charge in [0.15, 0.2) is 0 Å². The van der Waals surface area contributed by atoms with E-state index in [4.69, 9.17) is 9.97 Å². The standard InChI is InChI=1S/C24H31N5O3/c1-4-16(2)22-25-17(3)21(15-18-5-9-20(10-6-18)29(31)32)23(26-22)27-11-13-28(14-12-27)24(30)19-7-8-19/h5-6,9-10,16,19H,4,7-8,11-15H2,1-3H3/t16-/m1/s1. The van der Waals surface area contributed by atoms with Gasteiger partial charge in [-0.15, -0.1) is 0 Å². The molecule has 2 aliphatic rings. The molecular formula is C24H31N5O3. The van der Waals surface area contributed by atoms with Crippen LogP contribution in [-0.4, -0.2) is 51.9 Å². The molecule has 0 bridgehead atoms. The fourth-order valence-electron chi connectivity index (χ4n) is 4.14. The van der Waals surface area contributed by atoms with Gasteiger partial charge in [-0.05, 0) is 31.7 Å². The summed E-state index contributed by atoms with van der Waals surface area (Å²) in [5.41, 5.74) is 3.07. The van der Waals surface area contributed by atoms with Crippen molar-refractivity contribution >= 4 is 17.4 Å². The maximum atomic E-state index is 12.5. The van der Waals surface area contributed by atoms with E-state index in [1.807, 2.05) is 11.8 Å². The molecule has 0 unspecified atom stereocenters. The van der Waals surface area contributed by atoms with Crippen molar-refractivity contribution in [2.45, 2.75) is 52.4 Å².